The molecule has 1 aromatic heterocycles. The zero-order valence-electron chi connectivity index (χ0n) is 15.8. The van der Waals surface area contributed by atoms with Gasteiger partial charge in [0, 0.05) is 44.3 Å². The Hall–Kier alpha value is -1.56. The van der Waals surface area contributed by atoms with Gasteiger partial charge in [0.2, 0.25) is 0 Å². The highest BCUT2D eigenvalue weighted by molar-refractivity contribution is 7.80. The Labute approximate surface area is 176 Å². The van der Waals surface area contributed by atoms with Crippen molar-refractivity contribution in [3.8, 4) is 0 Å². The third-order valence-corrected chi connectivity index (χ3v) is 5.63. The quantitative estimate of drug-likeness (QED) is 0.671. The predicted molar refractivity (Wildman–Crippen MR) is 119 cm³/mol. The average Bonchev–Trinajstić information content (AvgIpc) is 2.62. The molecule has 0 unspecified atom stereocenters. The van der Waals surface area contributed by atoms with E-state index >= 15 is 0 Å². The number of halogens is 2. The summed E-state index contributed by atoms with van der Waals surface area (Å²) in [6, 6.07) is 8.46. The Morgan fingerprint density at radius 1 is 1.00 bits per heavy atom. The van der Waals surface area contributed by atoms with Gasteiger partial charge in [-0.3, -0.25) is 4.98 Å². The van der Waals surface area contributed by atoms with Gasteiger partial charge in [0.05, 0.1) is 15.7 Å². The van der Waals surface area contributed by atoms with Crippen molar-refractivity contribution in [3.63, 3.8) is 0 Å². The SMILES string of the molecule is CC(C)(C)c1ccc(NC(=S)N2CCN(c3c(Cl)cncc3Cl)CC2)cc1. The lowest BCUT2D eigenvalue weighted by Crippen LogP contribution is -2.50. The van der Waals surface area contributed by atoms with E-state index in [0.717, 1.165) is 42.7 Å². The van der Waals surface area contributed by atoms with Gasteiger partial charge in [-0.25, -0.2) is 0 Å². The zero-order chi connectivity index (χ0) is 19.6. The smallest absolute Gasteiger partial charge is 0.173 e. The topological polar surface area (TPSA) is 31.4 Å². The first-order valence-corrected chi connectivity index (χ1v) is 10.1. The number of pyridine rings is 1. The summed E-state index contributed by atoms with van der Waals surface area (Å²) in [5.41, 5.74) is 3.31. The van der Waals surface area contributed by atoms with Crippen LogP contribution in [0.1, 0.15) is 26.3 Å². The molecule has 1 aromatic carbocycles. The van der Waals surface area contributed by atoms with Gasteiger partial charge in [-0.15, -0.1) is 0 Å². The monoisotopic (exact) mass is 422 g/mol. The van der Waals surface area contributed by atoms with E-state index in [1.165, 1.54) is 5.56 Å². The predicted octanol–water partition coefficient (Wildman–Crippen LogP) is 5.20. The molecule has 0 radical (unpaired) electrons. The second kappa shape index (κ2) is 8.21. The third-order valence-electron chi connectivity index (χ3n) is 4.71. The Morgan fingerprint density at radius 3 is 2.07 bits per heavy atom. The molecule has 7 heteroatoms. The first-order valence-electron chi connectivity index (χ1n) is 8.96. The number of benzene rings is 1. The summed E-state index contributed by atoms with van der Waals surface area (Å²) in [7, 11) is 0. The first-order chi connectivity index (χ1) is 12.8. The molecule has 1 aliphatic heterocycles. The molecule has 0 atom stereocenters. The van der Waals surface area contributed by atoms with Gasteiger partial charge >= 0.3 is 0 Å². The van der Waals surface area contributed by atoms with Crippen molar-refractivity contribution >= 4 is 51.9 Å². The normalized spacial score (nSPS) is 15.0. The van der Waals surface area contributed by atoms with Crippen molar-refractivity contribution in [1.29, 1.82) is 0 Å². The Bertz CT molecular complexity index is 789. The number of aromatic nitrogens is 1. The molecule has 0 bridgehead atoms. The van der Waals surface area contributed by atoms with Crippen molar-refractivity contribution in [2.24, 2.45) is 0 Å². The second-order valence-corrected chi connectivity index (χ2v) is 8.88. The highest BCUT2D eigenvalue weighted by Gasteiger charge is 2.22. The van der Waals surface area contributed by atoms with Crippen molar-refractivity contribution in [2.75, 3.05) is 36.4 Å². The Morgan fingerprint density at radius 2 is 1.56 bits per heavy atom. The van der Waals surface area contributed by atoms with Crippen molar-refractivity contribution in [2.45, 2.75) is 26.2 Å². The van der Waals surface area contributed by atoms with Gasteiger partial charge < -0.3 is 15.1 Å². The van der Waals surface area contributed by atoms with Crippen LogP contribution in [-0.4, -0.2) is 41.2 Å². The van der Waals surface area contributed by atoms with Crippen LogP contribution in [0.25, 0.3) is 0 Å². The molecule has 2 aromatic rings. The van der Waals surface area contributed by atoms with Crippen LogP contribution in [0, 0.1) is 0 Å². The minimum Gasteiger partial charge on any atom is -0.365 e. The number of piperazine rings is 1. The van der Waals surface area contributed by atoms with E-state index in [2.05, 4.69) is 65.1 Å². The molecule has 0 saturated carbocycles. The summed E-state index contributed by atoms with van der Waals surface area (Å²) in [5, 5.41) is 5.24. The lowest BCUT2D eigenvalue weighted by molar-refractivity contribution is 0.391. The van der Waals surface area contributed by atoms with E-state index in [9.17, 15) is 0 Å². The van der Waals surface area contributed by atoms with E-state index in [-0.39, 0.29) is 5.41 Å². The Kier molecular flexibility index (Phi) is 6.14. The number of hydrogen-bond acceptors (Lipinski definition) is 3. The Balaban J connectivity index is 1.59. The van der Waals surface area contributed by atoms with Crippen LogP contribution >= 0.6 is 35.4 Å². The van der Waals surface area contributed by atoms with E-state index < -0.39 is 0 Å². The molecule has 3 rings (SSSR count). The molecule has 0 spiro atoms. The number of nitrogens with zero attached hydrogens (tertiary/aromatic N) is 3. The largest absolute Gasteiger partial charge is 0.365 e. The van der Waals surface area contributed by atoms with Crippen LogP contribution in [0.4, 0.5) is 11.4 Å². The standard InChI is InChI=1S/C20H24Cl2N4S/c1-20(2,3)14-4-6-15(7-5-14)24-19(27)26-10-8-25(9-11-26)18-16(21)12-23-13-17(18)22/h4-7,12-13H,8-11H2,1-3H3,(H,24,27). The highest BCUT2D eigenvalue weighted by Crippen LogP contribution is 2.33. The van der Waals surface area contributed by atoms with Crippen LogP contribution in [0.2, 0.25) is 10.0 Å². The summed E-state index contributed by atoms with van der Waals surface area (Å²) in [6.45, 7) is 9.84. The molecule has 27 heavy (non-hydrogen) atoms. The van der Waals surface area contributed by atoms with Gasteiger partial charge in [-0.1, -0.05) is 56.1 Å². The second-order valence-electron chi connectivity index (χ2n) is 7.68. The maximum Gasteiger partial charge on any atom is 0.173 e. The summed E-state index contributed by atoms with van der Waals surface area (Å²) in [4.78, 5) is 8.38. The summed E-state index contributed by atoms with van der Waals surface area (Å²) in [5.74, 6) is 0. The molecule has 1 fully saturated rings. The summed E-state index contributed by atoms with van der Waals surface area (Å²) in [6.07, 6.45) is 3.26. The van der Waals surface area contributed by atoms with Gasteiger partial charge in [-0.05, 0) is 35.3 Å². The first kappa shape index (κ1) is 20.2. The molecular formula is C20H24Cl2N4S. The van der Waals surface area contributed by atoms with Crippen LogP contribution in [0.3, 0.4) is 0 Å². The minimum atomic E-state index is 0.144. The van der Waals surface area contributed by atoms with E-state index in [4.69, 9.17) is 35.4 Å². The fraction of sp³-hybridized carbons (Fsp3) is 0.400. The van der Waals surface area contributed by atoms with E-state index in [0.29, 0.717) is 10.0 Å². The maximum absolute atomic E-state index is 6.27. The molecule has 1 saturated heterocycles. The van der Waals surface area contributed by atoms with Gasteiger partial charge in [0.25, 0.3) is 0 Å². The molecule has 1 aliphatic rings. The molecule has 144 valence electrons. The fourth-order valence-corrected chi connectivity index (χ4v) is 4.00. The molecular weight excluding hydrogens is 399 g/mol. The average molecular weight is 423 g/mol. The molecule has 4 nitrogen and oxygen atoms in total. The highest BCUT2D eigenvalue weighted by atomic mass is 35.5. The molecule has 0 amide bonds. The third kappa shape index (κ3) is 4.84. The molecule has 2 heterocycles. The van der Waals surface area contributed by atoms with Crippen LogP contribution < -0.4 is 10.2 Å². The summed E-state index contributed by atoms with van der Waals surface area (Å²) >= 11 is 18.2. The van der Waals surface area contributed by atoms with Crippen molar-refractivity contribution in [3.05, 3.63) is 52.3 Å². The van der Waals surface area contributed by atoms with Crippen molar-refractivity contribution in [1.82, 2.24) is 9.88 Å². The van der Waals surface area contributed by atoms with Gasteiger partial charge in [0.15, 0.2) is 5.11 Å². The number of hydrogen-bond donors (Lipinski definition) is 1. The van der Waals surface area contributed by atoms with E-state index in [1.54, 1.807) is 12.4 Å². The lowest BCUT2D eigenvalue weighted by atomic mass is 9.87. The van der Waals surface area contributed by atoms with Crippen molar-refractivity contribution < 1.29 is 0 Å². The molecule has 1 N–H and O–H groups in total. The number of nitrogens with one attached hydrogen (secondary N) is 1. The lowest BCUT2D eigenvalue weighted by Gasteiger charge is -2.38. The minimum absolute atomic E-state index is 0.144. The zero-order valence-corrected chi connectivity index (χ0v) is 18.1. The maximum atomic E-state index is 6.27. The van der Waals surface area contributed by atoms with Crippen LogP contribution in [0.5, 0.6) is 0 Å². The summed E-state index contributed by atoms with van der Waals surface area (Å²) < 4.78 is 0. The number of rotatable bonds is 2. The number of anilines is 2. The van der Waals surface area contributed by atoms with Gasteiger partial charge in [-0.2, -0.15) is 0 Å². The van der Waals surface area contributed by atoms with E-state index in [1.807, 2.05) is 0 Å². The van der Waals surface area contributed by atoms with Crippen LogP contribution in [0.15, 0.2) is 36.7 Å². The fourth-order valence-electron chi connectivity index (χ4n) is 3.10. The number of thiocarbonyl (C=S) groups is 1. The van der Waals surface area contributed by atoms with Crippen LogP contribution in [-0.2, 0) is 5.41 Å². The molecule has 0 aliphatic carbocycles. The van der Waals surface area contributed by atoms with Gasteiger partial charge in [0.1, 0.15) is 0 Å².